The fourth-order valence-electron chi connectivity index (χ4n) is 0. The van der Waals surface area contributed by atoms with E-state index in [4.69, 9.17) is 15.3 Å². The van der Waals surface area contributed by atoms with E-state index in [9.17, 15) is 0 Å². The molecule has 0 aromatic rings. The van der Waals surface area contributed by atoms with E-state index in [2.05, 4.69) is 0 Å². The van der Waals surface area contributed by atoms with Crippen LogP contribution in [0.4, 0.5) is 0 Å². The molecule has 0 aliphatic carbocycles. The van der Waals surface area contributed by atoms with Crippen LogP contribution in [0.1, 0.15) is 7.43 Å². The van der Waals surface area contributed by atoms with Crippen LogP contribution in [0, 0.1) is 15.3 Å². The first kappa shape index (κ1) is 15.8. The quantitative estimate of drug-likeness (QED) is 0.198. The first-order valence-corrected chi connectivity index (χ1v) is 0.548. The first-order valence-electron chi connectivity index (χ1n) is 0.548. The average molecular weight is 117 g/mol. The molecule has 4 nitrogen and oxygen atoms in total. The van der Waals surface area contributed by atoms with Crippen LogP contribution in [0.15, 0.2) is 0 Å². The maximum Gasteiger partial charge on any atom is 1.00 e. The second kappa shape index (κ2) is 9.28. The minimum atomic E-state index is -1.75. The van der Waals surface area contributed by atoms with Gasteiger partial charge in [-0.25, -0.2) is 0 Å². The van der Waals surface area contributed by atoms with Gasteiger partial charge in [0.15, 0.2) is 0 Å². The van der Waals surface area contributed by atoms with Crippen molar-refractivity contribution in [2.75, 3.05) is 0 Å². The van der Waals surface area contributed by atoms with Crippen LogP contribution in [0.2, 0.25) is 0 Å². The van der Waals surface area contributed by atoms with Gasteiger partial charge in [-0.15, -0.1) is 0 Å². The van der Waals surface area contributed by atoms with E-state index in [0.717, 1.165) is 0 Å². The summed E-state index contributed by atoms with van der Waals surface area (Å²) in [6.45, 7) is 0. The van der Waals surface area contributed by atoms with Crippen molar-refractivity contribution < 1.29 is 56.5 Å². The summed E-state index contributed by atoms with van der Waals surface area (Å²) in [6.07, 6.45) is 0. The Morgan fingerprint density at radius 1 is 1.33 bits per heavy atom. The summed E-state index contributed by atoms with van der Waals surface area (Å²) in [5, 5.41) is 14.8. The first-order chi connectivity index (χ1) is 1.73. The largest absolute Gasteiger partial charge is 1.00 e. The summed E-state index contributed by atoms with van der Waals surface area (Å²) < 4.78 is 0. The smallest absolute Gasteiger partial charge is 0.356 e. The Morgan fingerprint density at radius 3 is 1.33 bits per heavy atom. The summed E-state index contributed by atoms with van der Waals surface area (Å²) in [5.74, 6) is 0. The summed E-state index contributed by atoms with van der Waals surface area (Å²) >= 11 is 0. The van der Waals surface area contributed by atoms with Crippen molar-refractivity contribution in [3.8, 4) is 0 Å². The molecule has 0 heterocycles. The molecule has 0 amide bonds. The molecule has 0 aliphatic heterocycles. The second-order valence-electron chi connectivity index (χ2n) is 0.224. The third-order valence-electron chi connectivity index (χ3n) is 0. The molecule has 0 spiro atoms. The zero-order chi connectivity index (χ0) is 3.58. The van der Waals surface area contributed by atoms with E-state index >= 15 is 0 Å². The maximum absolute atomic E-state index is 8.25. The molecule has 0 atom stereocenters. The van der Waals surface area contributed by atoms with Crippen LogP contribution in [-0.2, 0) is 0 Å². The molecular weight excluding hydrogens is 113 g/mol. The summed E-state index contributed by atoms with van der Waals surface area (Å²) in [5.41, 5.74) is 0. The molecule has 0 rings (SSSR count). The standard InChI is InChI=1S/CH4.K.NO3/c;;2-1(3)4/h1H4;;/q;+1;-1. The zero-order valence-electron chi connectivity index (χ0n) is 2.67. The Labute approximate surface area is 78.1 Å². The van der Waals surface area contributed by atoms with E-state index in [1.54, 1.807) is 0 Å². The van der Waals surface area contributed by atoms with Gasteiger partial charge in [0.1, 0.15) is 0 Å². The van der Waals surface area contributed by atoms with Crippen LogP contribution >= 0.6 is 0 Å². The van der Waals surface area contributed by atoms with Crippen molar-refractivity contribution in [2.45, 2.75) is 7.43 Å². The van der Waals surface area contributed by atoms with Gasteiger partial charge < -0.3 is 15.3 Å². The van der Waals surface area contributed by atoms with Gasteiger partial charge in [-0.2, -0.15) is 0 Å². The van der Waals surface area contributed by atoms with Crippen molar-refractivity contribution in [1.29, 1.82) is 0 Å². The second-order valence-corrected chi connectivity index (χ2v) is 0.224. The molecule has 0 aromatic carbocycles. The third kappa shape index (κ3) is 102. The van der Waals surface area contributed by atoms with Gasteiger partial charge in [0.25, 0.3) is 0 Å². The van der Waals surface area contributed by atoms with Crippen molar-refractivity contribution in [1.82, 2.24) is 0 Å². The van der Waals surface area contributed by atoms with Crippen LogP contribution < -0.4 is 51.4 Å². The van der Waals surface area contributed by atoms with Gasteiger partial charge in [0, 0.05) is 0 Å². The molecule has 0 saturated carbocycles. The molecule has 0 unspecified atom stereocenters. The van der Waals surface area contributed by atoms with Crippen LogP contribution in [0.3, 0.4) is 0 Å². The molecule has 5 heteroatoms. The summed E-state index contributed by atoms with van der Waals surface area (Å²) in [4.78, 5) is 8.25. The van der Waals surface area contributed by atoms with Crippen LogP contribution in [-0.4, -0.2) is 5.09 Å². The van der Waals surface area contributed by atoms with Gasteiger partial charge in [0.2, 0.25) is 0 Å². The minimum absolute atomic E-state index is 0. The Kier molecular flexibility index (Phi) is 24.5. The van der Waals surface area contributed by atoms with Gasteiger partial charge in [-0.1, -0.05) is 7.43 Å². The average Bonchev–Trinajstić information content (AvgIpc) is 0.811. The van der Waals surface area contributed by atoms with E-state index in [1.165, 1.54) is 0 Å². The Morgan fingerprint density at radius 2 is 1.33 bits per heavy atom. The number of nitrogens with zero attached hydrogens (tertiary/aromatic N) is 1. The van der Waals surface area contributed by atoms with Crippen molar-refractivity contribution in [3.63, 3.8) is 0 Å². The molecule has 0 saturated heterocycles. The van der Waals surface area contributed by atoms with Gasteiger partial charge in [0.05, 0.1) is 5.09 Å². The van der Waals surface area contributed by atoms with Gasteiger partial charge >= 0.3 is 51.4 Å². The van der Waals surface area contributed by atoms with E-state index in [-0.39, 0.29) is 58.8 Å². The topological polar surface area (TPSA) is 66.2 Å². The predicted molar refractivity (Wildman–Crippen MR) is 17.1 cm³/mol. The van der Waals surface area contributed by atoms with E-state index in [0.29, 0.717) is 0 Å². The summed E-state index contributed by atoms with van der Waals surface area (Å²) in [7, 11) is 0. The fraction of sp³-hybridized carbons (Fsp3) is 1.00. The number of rotatable bonds is 0. The molecule has 0 bridgehead atoms. The molecule has 0 fully saturated rings. The molecule has 0 aliphatic rings. The minimum Gasteiger partial charge on any atom is -0.356 e. The van der Waals surface area contributed by atoms with Crippen LogP contribution in [0.5, 0.6) is 0 Å². The summed E-state index contributed by atoms with van der Waals surface area (Å²) in [6, 6.07) is 0. The van der Waals surface area contributed by atoms with Gasteiger partial charge in [-0.05, 0) is 0 Å². The fourth-order valence-corrected chi connectivity index (χ4v) is 0. The SMILES string of the molecule is C.O=[N+]([O-])[O-].[K+]. The normalized spacial score (nSPS) is 4.00. The molecule has 0 radical (unpaired) electrons. The zero-order valence-corrected chi connectivity index (χ0v) is 5.80. The van der Waals surface area contributed by atoms with Crippen molar-refractivity contribution in [2.24, 2.45) is 0 Å². The molecule has 0 aromatic heterocycles. The molecule has 32 valence electrons. The molecule has 6 heavy (non-hydrogen) atoms. The predicted octanol–water partition coefficient (Wildman–Crippen LogP) is -2.60. The number of hydrogen-bond acceptors (Lipinski definition) is 3. The monoisotopic (exact) mass is 117 g/mol. The van der Waals surface area contributed by atoms with Crippen LogP contribution in [0.25, 0.3) is 0 Å². The molecule has 0 N–H and O–H groups in total. The Hall–Kier alpha value is 0.836. The number of hydrogen-bond donors (Lipinski definition) is 0. The van der Waals surface area contributed by atoms with E-state index < -0.39 is 5.09 Å². The van der Waals surface area contributed by atoms with Crippen molar-refractivity contribution >= 4 is 0 Å². The van der Waals surface area contributed by atoms with Crippen molar-refractivity contribution in [3.05, 3.63) is 15.3 Å². The Bertz CT molecular complexity index is 33.8. The molecular formula is CH4KNO3. The maximum atomic E-state index is 8.25. The van der Waals surface area contributed by atoms with Gasteiger partial charge in [-0.3, -0.25) is 0 Å². The Balaban J connectivity index is -0.0000000450. The third-order valence-corrected chi connectivity index (χ3v) is 0. The van der Waals surface area contributed by atoms with E-state index in [1.807, 2.05) is 0 Å².